The van der Waals surface area contributed by atoms with Gasteiger partial charge in [-0.2, -0.15) is 4.98 Å². The van der Waals surface area contributed by atoms with Crippen molar-refractivity contribution in [3.8, 4) is 0 Å². The van der Waals surface area contributed by atoms with Crippen molar-refractivity contribution in [3.63, 3.8) is 0 Å². The summed E-state index contributed by atoms with van der Waals surface area (Å²) < 4.78 is 28.3. The number of sulfone groups is 1. The Balaban J connectivity index is 2.09. The van der Waals surface area contributed by atoms with Gasteiger partial charge in [-0.3, -0.25) is 0 Å². The van der Waals surface area contributed by atoms with E-state index in [1.54, 1.807) is 19.4 Å². The molecule has 1 fully saturated rings. The lowest BCUT2D eigenvalue weighted by Crippen LogP contribution is -2.37. The molecule has 0 radical (unpaired) electrons. The number of ether oxygens (including phenoxy) is 1. The molecule has 1 unspecified atom stereocenters. The average molecular weight is 314 g/mol. The Bertz CT molecular complexity index is 564. The third kappa shape index (κ3) is 4.28. The fourth-order valence-corrected chi connectivity index (χ4v) is 4.18. The first-order chi connectivity index (χ1) is 10.1. The van der Waals surface area contributed by atoms with E-state index in [9.17, 15) is 8.42 Å². The van der Waals surface area contributed by atoms with Gasteiger partial charge in [0.2, 0.25) is 5.95 Å². The SMILES string of the molecule is CCN(c1nccc(NCCOC)n1)C1CCS(=O)(=O)C1. The fourth-order valence-electron chi connectivity index (χ4n) is 2.45. The van der Waals surface area contributed by atoms with Crippen molar-refractivity contribution in [3.05, 3.63) is 12.3 Å². The molecule has 0 saturated carbocycles. The monoisotopic (exact) mass is 314 g/mol. The van der Waals surface area contributed by atoms with Crippen LogP contribution in [0.25, 0.3) is 0 Å². The summed E-state index contributed by atoms with van der Waals surface area (Å²) in [6.07, 6.45) is 2.32. The molecule has 1 aromatic rings. The number of rotatable bonds is 7. The highest BCUT2D eigenvalue weighted by Crippen LogP contribution is 2.22. The van der Waals surface area contributed by atoms with Crippen LogP contribution in [0.5, 0.6) is 0 Å². The Morgan fingerprint density at radius 2 is 2.33 bits per heavy atom. The van der Waals surface area contributed by atoms with Gasteiger partial charge in [0, 0.05) is 32.4 Å². The van der Waals surface area contributed by atoms with E-state index >= 15 is 0 Å². The summed E-state index contributed by atoms with van der Waals surface area (Å²) in [5.41, 5.74) is 0. The number of nitrogens with zero attached hydrogens (tertiary/aromatic N) is 3. The first kappa shape index (κ1) is 16.0. The van der Waals surface area contributed by atoms with E-state index in [1.165, 1.54) is 0 Å². The third-order valence-corrected chi connectivity index (χ3v) is 5.25. The summed E-state index contributed by atoms with van der Waals surface area (Å²) in [4.78, 5) is 10.7. The molecule has 0 bridgehead atoms. The predicted molar refractivity (Wildman–Crippen MR) is 82.5 cm³/mol. The zero-order valence-electron chi connectivity index (χ0n) is 12.4. The molecule has 0 aromatic carbocycles. The van der Waals surface area contributed by atoms with E-state index in [0.717, 1.165) is 5.82 Å². The Labute approximate surface area is 125 Å². The summed E-state index contributed by atoms with van der Waals surface area (Å²) >= 11 is 0. The van der Waals surface area contributed by atoms with Crippen LogP contribution in [0.2, 0.25) is 0 Å². The van der Waals surface area contributed by atoms with Crippen LogP contribution < -0.4 is 10.2 Å². The van der Waals surface area contributed by atoms with E-state index in [0.29, 0.717) is 32.1 Å². The number of hydrogen-bond acceptors (Lipinski definition) is 7. The van der Waals surface area contributed by atoms with E-state index in [2.05, 4.69) is 15.3 Å². The van der Waals surface area contributed by atoms with Gasteiger partial charge in [-0.1, -0.05) is 0 Å². The van der Waals surface area contributed by atoms with Gasteiger partial charge in [-0.15, -0.1) is 0 Å². The summed E-state index contributed by atoms with van der Waals surface area (Å²) in [7, 11) is -1.27. The molecule has 0 amide bonds. The molecule has 1 aliphatic heterocycles. The second kappa shape index (κ2) is 7.04. The van der Waals surface area contributed by atoms with Crippen molar-refractivity contribution in [2.24, 2.45) is 0 Å². The molecular formula is C13H22N4O3S. The van der Waals surface area contributed by atoms with Crippen LogP contribution in [-0.2, 0) is 14.6 Å². The molecule has 1 aliphatic rings. The predicted octanol–water partition coefficient (Wildman–Crippen LogP) is 0.548. The summed E-state index contributed by atoms with van der Waals surface area (Å²) in [6.45, 7) is 3.93. The first-order valence-corrected chi connectivity index (χ1v) is 8.91. The second-order valence-electron chi connectivity index (χ2n) is 5.00. The lowest BCUT2D eigenvalue weighted by atomic mass is 10.2. The van der Waals surface area contributed by atoms with Crippen LogP contribution in [0, 0.1) is 0 Å². The van der Waals surface area contributed by atoms with E-state index in [1.807, 2.05) is 11.8 Å². The summed E-state index contributed by atoms with van der Waals surface area (Å²) in [5, 5.41) is 3.15. The Morgan fingerprint density at radius 1 is 1.52 bits per heavy atom. The average Bonchev–Trinajstić information content (AvgIpc) is 2.81. The number of aromatic nitrogens is 2. The first-order valence-electron chi connectivity index (χ1n) is 7.08. The number of hydrogen-bond donors (Lipinski definition) is 1. The molecule has 1 atom stereocenters. The summed E-state index contributed by atoms with van der Waals surface area (Å²) in [5.74, 6) is 1.73. The molecule has 8 heteroatoms. The molecule has 0 aliphatic carbocycles. The standard InChI is InChI=1S/C13H22N4O3S/c1-3-17(11-5-9-21(18,19)10-11)13-15-6-4-12(16-13)14-7-8-20-2/h4,6,11H,3,5,7-10H2,1-2H3,(H,14,15,16). The van der Waals surface area contributed by atoms with Crippen LogP contribution in [0.3, 0.4) is 0 Å². The third-order valence-electron chi connectivity index (χ3n) is 3.50. The van der Waals surface area contributed by atoms with Crippen LogP contribution in [0.4, 0.5) is 11.8 Å². The topological polar surface area (TPSA) is 84.4 Å². The molecular weight excluding hydrogens is 292 g/mol. The molecule has 2 rings (SSSR count). The van der Waals surface area contributed by atoms with Crippen molar-refractivity contribution in [1.82, 2.24) is 9.97 Å². The Hall–Kier alpha value is -1.41. The van der Waals surface area contributed by atoms with Crippen LogP contribution in [0.1, 0.15) is 13.3 Å². The smallest absolute Gasteiger partial charge is 0.227 e. The van der Waals surface area contributed by atoms with Gasteiger partial charge in [0.1, 0.15) is 5.82 Å². The highest BCUT2D eigenvalue weighted by atomic mass is 32.2. The maximum atomic E-state index is 11.6. The number of methoxy groups -OCH3 is 1. The molecule has 1 aromatic heterocycles. The zero-order valence-corrected chi connectivity index (χ0v) is 13.3. The number of nitrogens with one attached hydrogen (secondary N) is 1. The van der Waals surface area contributed by atoms with E-state index < -0.39 is 9.84 Å². The van der Waals surface area contributed by atoms with Crippen molar-refractivity contribution in [2.45, 2.75) is 19.4 Å². The molecule has 21 heavy (non-hydrogen) atoms. The van der Waals surface area contributed by atoms with Crippen molar-refractivity contribution >= 4 is 21.6 Å². The molecule has 7 nitrogen and oxygen atoms in total. The molecule has 1 N–H and O–H groups in total. The molecule has 118 valence electrons. The van der Waals surface area contributed by atoms with Crippen molar-refractivity contribution in [2.75, 3.05) is 48.5 Å². The minimum atomic E-state index is -2.92. The summed E-state index contributed by atoms with van der Waals surface area (Å²) in [6, 6.07) is 1.76. The van der Waals surface area contributed by atoms with Gasteiger partial charge in [0.15, 0.2) is 9.84 Å². The Kier molecular flexibility index (Phi) is 5.35. The van der Waals surface area contributed by atoms with E-state index in [-0.39, 0.29) is 17.5 Å². The van der Waals surface area contributed by atoms with Gasteiger partial charge in [-0.25, -0.2) is 13.4 Å². The highest BCUT2D eigenvalue weighted by molar-refractivity contribution is 7.91. The quantitative estimate of drug-likeness (QED) is 0.736. The van der Waals surface area contributed by atoms with Gasteiger partial charge >= 0.3 is 0 Å². The second-order valence-corrected chi connectivity index (χ2v) is 7.23. The van der Waals surface area contributed by atoms with Crippen molar-refractivity contribution < 1.29 is 13.2 Å². The molecule has 0 spiro atoms. The number of anilines is 2. The lowest BCUT2D eigenvalue weighted by molar-refractivity contribution is 0.210. The fraction of sp³-hybridized carbons (Fsp3) is 0.692. The largest absolute Gasteiger partial charge is 0.383 e. The maximum Gasteiger partial charge on any atom is 0.227 e. The van der Waals surface area contributed by atoms with Crippen LogP contribution >= 0.6 is 0 Å². The van der Waals surface area contributed by atoms with Gasteiger partial charge in [0.05, 0.1) is 18.1 Å². The highest BCUT2D eigenvalue weighted by Gasteiger charge is 2.32. The van der Waals surface area contributed by atoms with Crippen molar-refractivity contribution in [1.29, 1.82) is 0 Å². The van der Waals surface area contributed by atoms with Gasteiger partial charge in [-0.05, 0) is 19.4 Å². The zero-order chi connectivity index (χ0) is 15.3. The van der Waals surface area contributed by atoms with Crippen LogP contribution in [0.15, 0.2) is 12.3 Å². The van der Waals surface area contributed by atoms with Gasteiger partial charge in [0.25, 0.3) is 0 Å². The normalized spacial score (nSPS) is 20.4. The minimum absolute atomic E-state index is 0.0331. The van der Waals surface area contributed by atoms with E-state index in [4.69, 9.17) is 4.74 Å². The molecule has 2 heterocycles. The van der Waals surface area contributed by atoms with Gasteiger partial charge < -0.3 is 15.0 Å². The molecule has 1 saturated heterocycles. The Morgan fingerprint density at radius 3 is 2.95 bits per heavy atom. The van der Waals surface area contributed by atoms with Crippen LogP contribution in [-0.4, -0.2) is 62.7 Å². The maximum absolute atomic E-state index is 11.6. The lowest BCUT2D eigenvalue weighted by Gasteiger charge is -2.26. The minimum Gasteiger partial charge on any atom is -0.383 e.